The molecule has 36 heavy (non-hydrogen) atoms. The molecule has 3 heterocycles. The first-order valence-electron chi connectivity index (χ1n) is 13.5. The average Bonchev–Trinajstić information content (AvgIpc) is 2.99. The maximum atomic E-state index is 13.8. The van der Waals surface area contributed by atoms with Crippen LogP contribution in [0.3, 0.4) is 0 Å². The van der Waals surface area contributed by atoms with Gasteiger partial charge in [0, 0.05) is 63.5 Å². The molecule has 4 aliphatic rings. The number of para-hydroxylation sites is 1. The molecular weight excluding hydrogens is 476 g/mol. The number of ether oxygens (including phenoxy) is 1. The highest BCUT2D eigenvalue weighted by molar-refractivity contribution is 7.89. The van der Waals surface area contributed by atoms with Crippen LogP contribution in [0.25, 0.3) is 0 Å². The van der Waals surface area contributed by atoms with E-state index in [0.29, 0.717) is 58.4 Å². The molecule has 0 radical (unpaired) electrons. The van der Waals surface area contributed by atoms with E-state index in [0.717, 1.165) is 32.5 Å². The van der Waals surface area contributed by atoms with Crippen LogP contribution in [0.15, 0.2) is 24.3 Å². The summed E-state index contributed by atoms with van der Waals surface area (Å²) in [4.78, 5) is 19.7. The number of amides is 1. The number of anilines is 1. The van der Waals surface area contributed by atoms with Gasteiger partial charge in [0.25, 0.3) is 0 Å². The topological polar surface area (TPSA) is 73.4 Å². The highest BCUT2D eigenvalue weighted by Crippen LogP contribution is 2.60. The lowest BCUT2D eigenvalue weighted by Crippen LogP contribution is -2.60. The molecule has 0 N–H and O–H groups in total. The van der Waals surface area contributed by atoms with Gasteiger partial charge < -0.3 is 14.5 Å². The van der Waals surface area contributed by atoms with E-state index in [1.165, 1.54) is 11.3 Å². The number of carbonyl (C=O) groups is 1. The summed E-state index contributed by atoms with van der Waals surface area (Å²) in [5.41, 5.74) is 1.89. The van der Waals surface area contributed by atoms with Gasteiger partial charge in [0.05, 0.1) is 25.5 Å². The summed E-state index contributed by atoms with van der Waals surface area (Å²) in [7, 11) is -3.45. The number of benzene rings is 1. The fourth-order valence-electron chi connectivity index (χ4n) is 6.98. The molecule has 1 saturated carbocycles. The summed E-state index contributed by atoms with van der Waals surface area (Å²) in [6, 6.07) is 8.29. The fourth-order valence-corrected chi connectivity index (χ4v) is 9.18. The molecule has 3 aliphatic heterocycles. The zero-order valence-electron chi connectivity index (χ0n) is 22.1. The van der Waals surface area contributed by atoms with Crippen molar-refractivity contribution < 1.29 is 17.9 Å². The van der Waals surface area contributed by atoms with Gasteiger partial charge in [0.15, 0.2) is 0 Å². The lowest BCUT2D eigenvalue weighted by atomic mass is 9.63. The molecule has 1 aromatic rings. The third kappa shape index (κ3) is 4.79. The van der Waals surface area contributed by atoms with Gasteiger partial charge in [0.2, 0.25) is 15.9 Å². The second-order valence-corrected chi connectivity index (χ2v) is 13.8. The molecule has 1 aromatic carbocycles. The van der Waals surface area contributed by atoms with E-state index in [4.69, 9.17) is 4.74 Å². The van der Waals surface area contributed by atoms with Crippen molar-refractivity contribution in [3.63, 3.8) is 0 Å². The molecule has 2 atom stereocenters. The van der Waals surface area contributed by atoms with Gasteiger partial charge in [-0.05, 0) is 42.7 Å². The standard InChI is InChI=1S/C27H42N4O4S/c1-22-6-4-5-7-24(22)29-10-12-31(13-11-29)36(33,34)21-27-9-8-23(26(27,2)3)18-30(20-27)25(32)19-28-14-16-35-17-15-28/h4-7,23H,8-21H2,1-3H3. The summed E-state index contributed by atoms with van der Waals surface area (Å²) in [5, 5.41) is 0. The van der Waals surface area contributed by atoms with Crippen LogP contribution in [0.4, 0.5) is 5.69 Å². The van der Waals surface area contributed by atoms with Crippen molar-refractivity contribution in [3.8, 4) is 0 Å². The molecule has 2 unspecified atom stereocenters. The van der Waals surface area contributed by atoms with Crippen LogP contribution in [0.2, 0.25) is 0 Å². The number of hydrogen-bond acceptors (Lipinski definition) is 6. The Balaban J connectivity index is 1.27. The molecule has 5 rings (SSSR count). The van der Waals surface area contributed by atoms with E-state index in [-0.39, 0.29) is 17.1 Å². The second-order valence-electron chi connectivity index (χ2n) is 11.8. The summed E-state index contributed by atoms with van der Waals surface area (Å²) in [5.74, 6) is 0.607. The molecule has 1 amide bonds. The fraction of sp³-hybridized carbons (Fsp3) is 0.741. The van der Waals surface area contributed by atoms with Crippen LogP contribution in [0.1, 0.15) is 32.3 Å². The van der Waals surface area contributed by atoms with Crippen LogP contribution >= 0.6 is 0 Å². The number of rotatable bonds is 6. The van der Waals surface area contributed by atoms with Crippen LogP contribution in [0.5, 0.6) is 0 Å². The van der Waals surface area contributed by atoms with Crippen molar-refractivity contribution in [3.05, 3.63) is 29.8 Å². The number of likely N-dealkylation sites (tertiary alicyclic amines) is 1. The van der Waals surface area contributed by atoms with Gasteiger partial charge in [-0.25, -0.2) is 8.42 Å². The number of piperazine rings is 1. The van der Waals surface area contributed by atoms with Crippen molar-refractivity contribution in [1.29, 1.82) is 0 Å². The first-order valence-corrected chi connectivity index (χ1v) is 15.1. The molecule has 8 nitrogen and oxygen atoms in total. The highest BCUT2D eigenvalue weighted by atomic mass is 32.2. The monoisotopic (exact) mass is 518 g/mol. The highest BCUT2D eigenvalue weighted by Gasteiger charge is 2.60. The van der Waals surface area contributed by atoms with Crippen LogP contribution in [-0.2, 0) is 19.6 Å². The van der Waals surface area contributed by atoms with Gasteiger partial charge in [0.1, 0.15) is 0 Å². The Hall–Kier alpha value is -1.68. The SMILES string of the molecule is Cc1ccccc1N1CCN(S(=O)(=O)CC23CCC(CN(C(=O)CN4CCOCC4)C2)C3(C)C)CC1. The molecule has 2 bridgehead atoms. The summed E-state index contributed by atoms with van der Waals surface area (Å²) < 4.78 is 34.7. The number of morpholine rings is 1. The van der Waals surface area contributed by atoms with Crippen LogP contribution < -0.4 is 4.90 Å². The van der Waals surface area contributed by atoms with Crippen LogP contribution in [-0.4, -0.2) is 106 Å². The average molecular weight is 519 g/mol. The first kappa shape index (κ1) is 25.9. The molecule has 3 saturated heterocycles. The largest absolute Gasteiger partial charge is 0.379 e. The number of sulfonamides is 1. The third-order valence-corrected chi connectivity index (χ3v) is 11.7. The third-order valence-electron chi connectivity index (χ3n) is 9.66. The minimum atomic E-state index is -3.45. The number of nitrogens with zero attached hydrogens (tertiary/aromatic N) is 4. The predicted molar refractivity (Wildman–Crippen MR) is 142 cm³/mol. The lowest BCUT2D eigenvalue weighted by Gasteiger charge is -2.52. The smallest absolute Gasteiger partial charge is 0.236 e. The van der Waals surface area contributed by atoms with Crippen molar-refractivity contribution in [2.24, 2.45) is 16.7 Å². The van der Waals surface area contributed by atoms with Gasteiger partial charge >= 0.3 is 0 Å². The molecule has 4 fully saturated rings. The molecule has 0 spiro atoms. The minimum Gasteiger partial charge on any atom is -0.379 e. The van der Waals surface area contributed by atoms with Gasteiger partial charge in [-0.2, -0.15) is 4.31 Å². The number of hydrogen-bond donors (Lipinski definition) is 0. The van der Waals surface area contributed by atoms with Crippen LogP contribution in [0, 0.1) is 23.7 Å². The zero-order valence-corrected chi connectivity index (χ0v) is 22.9. The Morgan fingerprint density at radius 1 is 1.06 bits per heavy atom. The Bertz CT molecular complexity index is 1060. The number of piperidine rings is 1. The van der Waals surface area contributed by atoms with E-state index in [1.54, 1.807) is 4.31 Å². The van der Waals surface area contributed by atoms with E-state index >= 15 is 0 Å². The minimum absolute atomic E-state index is 0.112. The number of aryl methyl sites for hydroxylation is 1. The van der Waals surface area contributed by atoms with E-state index in [1.807, 2.05) is 17.0 Å². The zero-order chi connectivity index (χ0) is 25.6. The molecule has 200 valence electrons. The number of carbonyl (C=O) groups excluding carboxylic acids is 1. The first-order chi connectivity index (χ1) is 17.1. The van der Waals surface area contributed by atoms with Crippen molar-refractivity contribution in [2.45, 2.75) is 33.6 Å². The van der Waals surface area contributed by atoms with Gasteiger partial charge in [-0.15, -0.1) is 0 Å². The quantitative estimate of drug-likeness (QED) is 0.574. The summed E-state index contributed by atoms with van der Waals surface area (Å²) in [6.07, 6.45) is 1.86. The molecule has 0 aromatic heterocycles. The summed E-state index contributed by atoms with van der Waals surface area (Å²) in [6.45, 7) is 13.6. The van der Waals surface area contributed by atoms with Gasteiger partial charge in [-0.3, -0.25) is 9.69 Å². The maximum absolute atomic E-state index is 13.8. The van der Waals surface area contributed by atoms with E-state index in [2.05, 4.69) is 42.7 Å². The molecular formula is C27H42N4O4S. The van der Waals surface area contributed by atoms with Crippen molar-refractivity contribution >= 4 is 21.6 Å². The predicted octanol–water partition coefficient (Wildman–Crippen LogP) is 2.04. The Kier molecular flexibility index (Phi) is 7.13. The van der Waals surface area contributed by atoms with E-state index in [9.17, 15) is 13.2 Å². The van der Waals surface area contributed by atoms with Crippen molar-refractivity contribution in [1.82, 2.24) is 14.1 Å². The normalized spacial score (nSPS) is 29.5. The van der Waals surface area contributed by atoms with Crippen molar-refractivity contribution in [2.75, 3.05) is 82.8 Å². The number of fused-ring (bicyclic) bond motifs is 2. The van der Waals surface area contributed by atoms with Gasteiger partial charge in [-0.1, -0.05) is 32.0 Å². The Morgan fingerprint density at radius 2 is 1.75 bits per heavy atom. The molecule has 1 aliphatic carbocycles. The second kappa shape index (κ2) is 9.89. The lowest BCUT2D eigenvalue weighted by molar-refractivity contribution is -0.141. The Labute approximate surface area is 216 Å². The summed E-state index contributed by atoms with van der Waals surface area (Å²) >= 11 is 0. The Morgan fingerprint density at radius 3 is 2.44 bits per heavy atom. The maximum Gasteiger partial charge on any atom is 0.236 e. The van der Waals surface area contributed by atoms with E-state index < -0.39 is 15.4 Å². The molecule has 9 heteroatoms.